The summed E-state index contributed by atoms with van der Waals surface area (Å²) in [6.07, 6.45) is 0. The van der Waals surface area contributed by atoms with Crippen LogP contribution in [0.1, 0.15) is 5.56 Å². The minimum atomic E-state index is 0.446. The van der Waals surface area contributed by atoms with E-state index in [0.717, 1.165) is 17.0 Å². The van der Waals surface area contributed by atoms with Crippen LogP contribution in [0.3, 0.4) is 0 Å². The Bertz CT molecular complexity index is 570. The van der Waals surface area contributed by atoms with Crippen LogP contribution in [0.2, 0.25) is 15.1 Å². The summed E-state index contributed by atoms with van der Waals surface area (Å²) in [5, 5.41) is 4.68. The van der Waals surface area contributed by atoms with Gasteiger partial charge in [-0.05, 0) is 29.8 Å². The van der Waals surface area contributed by atoms with Gasteiger partial charge in [0.2, 0.25) is 0 Å². The molecule has 0 amide bonds. The number of rotatable bonds is 4. The molecule has 0 unspecified atom stereocenters. The second kappa shape index (κ2) is 6.38. The molecule has 0 spiro atoms. The number of hydrogen-bond donors (Lipinski definition) is 1. The molecule has 0 aliphatic carbocycles. The summed E-state index contributed by atoms with van der Waals surface area (Å²) in [5.41, 5.74) is 1.87. The van der Waals surface area contributed by atoms with Crippen LogP contribution in [-0.4, -0.2) is 7.11 Å². The number of halogens is 3. The maximum atomic E-state index is 6.09. The molecule has 100 valence electrons. The van der Waals surface area contributed by atoms with Gasteiger partial charge in [0.15, 0.2) is 0 Å². The minimum absolute atomic E-state index is 0.446. The Morgan fingerprint density at radius 1 is 0.947 bits per heavy atom. The molecule has 5 heteroatoms. The largest absolute Gasteiger partial charge is 0.497 e. The van der Waals surface area contributed by atoms with Gasteiger partial charge in [-0.3, -0.25) is 0 Å². The summed E-state index contributed by atoms with van der Waals surface area (Å²) in [6, 6.07) is 11.1. The lowest BCUT2D eigenvalue weighted by Gasteiger charge is -2.10. The average Bonchev–Trinajstić information content (AvgIpc) is 2.42. The van der Waals surface area contributed by atoms with Gasteiger partial charge >= 0.3 is 0 Å². The Kier molecular flexibility index (Phi) is 4.81. The third kappa shape index (κ3) is 3.69. The molecule has 2 aromatic carbocycles. The number of hydrogen-bond acceptors (Lipinski definition) is 2. The summed E-state index contributed by atoms with van der Waals surface area (Å²) >= 11 is 17.9. The Morgan fingerprint density at radius 2 is 1.58 bits per heavy atom. The van der Waals surface area contributed by atoms with Crippen molar-refractivity contribution >= 4 is 40.5 Å². The van der Waals surface area contributed by atoms with Crippen molar-refractivity contribution in [3.63, 3.8) is 0 Å². The summed E-state index contributed by atoms with van der Waals surface area (Å²) < 4.78 is 5.11. The van der Waals surface area contributed by atoms with Crippen molar-refractivity contribution in [2.45, 2.75) is 6.54 Å². The van der Waals surface area contributed by atoms with Gasteiger partial charge in [0.1, 0.15) is 5.75 Å². The number of anilines is 1. The minimum Gasteiger partial charge on any atom is -0.497 e. The monoisotopic (exact) mass is 315 g/mol. The molecule has 0 aromatic heterocycles. The molecule has 19 heavy (non-hydrogen) atoms. The van der Waals surface area contributed by atoms with E-state index in [4.69, 9.17) is 39.5 Å². The molecular weight excluding hydrogens is 305 g/mol. The van der Waals surface area contributed by atoms with E-state index in [2.05, 4.69) is 5.32 Å². The molecule has 0 aliphatic heterocycles. The molecule has 0 fully saturated rings. The average molecular weight is 317 g/mol. The van der Waals surface area contributed by atoms with Crippen molar-refractivity contribution < 1.29 is 4.74 Å². The van der Waals surface area contributed by atoms with E-state index in [1.807, 2.05) is 24.3 Å². The van der Waals surface area contributed by atoms with Crippen molar-refractivity contribution in [2.75, 3.05) is 12.4 Å². The van der Waals surface area contributed by atoms with Gasteiger partial charge in [0.25, 0.3) is 0 Å². The van der Waals surface area contributed by atoms with E-state index in [9.17, 15) is 0 Å². The molecule has 0 radical (unpaired) electrons. The van der Waals surface area contributed by atoms with Gasteiger partial charge in [-0.15, -0.1) is 0 Å². The smallest absolute Gasteiger partial charge is 0.118 e. The first-order valence-electron chi connectivity index (χ1n) is 5.61. The van der Waals surface area contributed by atoms with Crippen LogP contribution < -0.4 is 10.1 Å². The summed E-state index contributed by atoms with van der Waals surface area (Å²) in [7, 11) is 1.64. The first-order valence-corrected chi connectivity index (χ1v) is 6.75. The van der Waals surface area contributed by atoms with Crippen molar-refractivity contribution in [1.82, 2.24) is 0 Å². The molecule has 0 saturated heterocycles. The van der Waals surface area contributed by atoms with E-state index in [0.29, 0.717) is 21.6 Å². The highest BCUT2D eigenvalue weighted by Crippen LogP contribution is 2.32. The molecule has 2 rings (SSSR count). The van der Waals surface area contributed by atoms with Crippen LogP contribution in [-0.2, 0) is 6.54 Å². The Hall–Kier alpha value is -1.09. The summed E-state index contributed by atoms with van der Waals surface area (Å²) in [6.45, 7) is 0.641. The number of ether oxygens (including phenoxy) is 1. The Balaban J connectivity index is 2.07. The highest BCUT2D eigenvalue weighted by Gasteiger charge is 2.05. The molecule has 0 atom stereocenters. The highest BCUT2D eigenvalue weighted by molar-refractivity contribution is 6.44. The SMILES string of the molecule is COc1ccc(CNc2cc(Cl)c(Cl)cc2Cl)cc1. The van der Waals surface area contributed by atoms with Crippen molar-refractivity contribution in [1.29, 1.82) is 0 Å². The fraction of sp³-hybridized carbons (Fsp3) is 0.143. The van der Waals surface area contributed by atoms with Gasteiger partial charge in [-0.25, -0.2) is 0 Å². The molecule has 0 aliphatic rings. The molecule has 0 bridgehead atoms. The van der Waals surface area contributed by atoms with Crippen molar-refractivity contribution in [3.05, 3.63) is 57.0 Å². The fourth-order valence-electron chi connectivity index (χ4n) is 1.60. The van der Waals surface area contributed by atoms with E-state index >= 15 is 0 Å². The summed E-state index contributed by atoms with van der Waals surface area (Å²) in [5.74, 6) is 0.830. The predicted molar refractivity (Wildman–Crippen MR) is 81.8 cm³/mol. The lowest BCUT2D eigenvalue weighted by molar-refractivity contribution is 0.414. The molecule has 0 heterocycles. The second-order valence-corrected chi connectivity index (χ2v) is 5.17. The van der Waals surface area contributed by atoms with Gasteiger partial charge in [0.05, 0.1) is 27.9 Å². The first kappa shape index (κ1) is 14.3. The first-order chi connectivity index (χ1) is 9.10. The lowest BCUT2D eigenvalue weighted by Crippen LogP contribution is -2.00. The molecule has 1 N–H and O–H groups in total. The second-order valence-electron chi connectivity index (χ2n) is 3.95. The maximum Gasteiger partial charge on any atom is 0.118 e. The quantitative estimate of drug-likeness (QED) is 0.776. The zero-order valence-corrected chi connectivity index (χ0v) is 12.5. The molecule has 2 nitrogen and oxygen atoms in total. The number of nitrogens with one attached hydrogen (secondary N) is 1. The normalized spacial score (nSPS) is 10.3. The predicted octanol–water partition coefficient (Wildman–Crippen LogP) is 5.27. The van der Waals surface area contributed by atoms with Crippen LogP contribution in [0, 0.1) is 0 Å². The third-order valence-electron chi connectivity index (χ3n) is 2.65. The van der Waals surface area contributed by atoms with E-state index in [1.165, 1.54) is 0 Å². The molecule has 2 aromatic rings. The number of benzene rings is 2. The van der Waals surface area contributed by atoms with E-state index in [1.54, 1.807) is 19.2 Å². The van der Waals surface area contributed by atoms with Gasteiger partial charge in [0, 0.05) is 6.54 Å². The van der Waals surface area contributed by atoms with Gasteiger partial charge in [-0.2, -0.15) is 0 Å². The van der Waals surface area contributed by atoms with E-state index in [-0.39, 0.29) is 0 Å². The third-order valence-corrected chi connectivity index (χ3v) is 3.69. The topological polar surface area (TPSA) is 21.3 Å². The van der Waals surface area contributed by atoms with Crippen LogP contribution in [0.15, 0.2) is 36.4 Å². The number of methoxy groups -OCH3 is 1. The standard InChI is InChI=1S/C14H12Cl3NO/c1-19-10-4-2-9(3-5-10)8-18-14-7-12(16)11(15)6-13(14)17/h2-7,18H,8H2,1H3. The van der Waals surface area contributed by atoms with Crippen LogP contribution in [0.4, 0.5) is 5.69 Å². The zero-order chi connectivity index (χ0) is 13.8. The zero-order valence-electron chi connectivity index (χ0n) is 10.2. The van der Waals surface area contributed by atoms with Crippen LogP contribution in [0.25, 0.3) is 0 Å². The van der Waals surface area contributed by atoms with Gasteiger partial charge < -0.3 is 10.1 Å². The maximum absolute atomic E-state index is 6.09. The molecular formula is C14H12Cl3NO. The lowest BCUT2D eigenvalue weighted by atomic mass is 10.2. The van der Waals surface area contributed by atoms with Crippen molar-refractivity contribution in [3.8, 4) is 5.75 Å². The van der Waals surface area contributed by atoms with E-state index < -0.39 is 0 Å². The highest BCUT2D eigenvalue weighted by atomic mass is 35.5. The van der Waals surface area contributed by atoms with Crippen molar-refractivity contribution in [2.24, 2.45) is 0 Å². The van der Waals surface area contributed by atoms with Crippen LogP contribution in [0.5, 0.6) is 5.75 Å². The Morgan fingerprint density at radius 3 is 2.21 bits per heavy atom. The fourth-order valence-corrected chi connectivity index (χ4v) is 2.21. The van der Waals surface area contributed by atoms with Gasteiger partial charge in [-0.1, -0.05) is 46.9 Å². The molecule has 0 saturated carbocycles. The summed E-state index contributed by atoms with van der Waals surface area (Å²) in [4.78, 5) is 0. The Labute approximate surface area is 127 Å². The van der Waals surface area contributed by atoms with Crippen LogP contribution >= 0.6 is 34.8 Å².